The molecule has 0 fully saturated rings. The molecule has 2 aromatic rings. The van der Waals surface area contributed by atoms with Gasteiger partial charge in [0.15, 0.2) is 0 Å². The van der Waals surface area contributed by atoms with E-state index < -0.39 is 10.0 Å². The van der Waals surface area contributed by atoms with Crippen LogP contribution in [0.3, 0.4) is 0 Å². The van der Waals surface area contributed by atoms with Crippen LogP contribution in [0.2, 0.25) is 10.0 Å². The zero-order valence-corrected chi connectivity index (χ0v) is 14.7. The van der Waals surface area contributed by atoms with Gasteiger partial charge in [-0.25, -0.2) is 0 Å². The van der Waals surface area contributed by atoms with E-state index in [0.29, 0.717) is 29.5 Å². The van der Waals surface area contributed by atoms with Crippen molar-refractivity contribution in [2.24, 2.45) is 0 Å². The molecule has 0 amide bonds. The number of sulfonamides is 1. The van der Waals surface area contributed by atoms with Crippen LogP contribution in [-0.4, -0.2) is 31.3 Å². The van der Waals surface area contributed by atoms with Gasteiger partial charge in [0.2, 0.25) is 0 Å². The molecule has 0 spiro atoms. The molecule has 0 aliphatic carbocycles. The van der Waals surface area contributed by atoms with Gasteiger partial charge >= 0.3 is 10.0 Å². The van der Waals surface area contributed by atoms with Crippen molar-refractivity contribution < 1.29 is 12.4 Å². The minimum Gasteiger partial charge on any atom is -0.269 e. The molecule has 1 aliphatic rings. The first-order valence-corrected chi connectivity index (χ1v) is 9.25. The fourth-order valence-corrected chi connectivity index (χ4v) is 4.79. The quantitative estimate of drug-likeness (QED) is 0.845. The number of hydrogen-bond acceptors (Lipinski definition) is 3. The smallest absolute Gasteiger partial charge is 0.269 e. The summed E-state index contributed by atoms with van der Waals surface area (Å²) >= 11 is 12.1. The summed E-state index contributed by atoms with van der Waals surface area (Å²) in [4.78, 5) is 0.0678. The summed E-state index contributed by atoms with van der Waals surface area (Å²) in [6.07, 6.45) is 0. The van der Waals surface area contributed by atoms with Crippen molar-refractivity contribution in [2.75, 3.05) is 13.1 Å². The van der Waals surface area contributed by atoms with Crippen LogP contribution in [0.1, 0.15) is 11.1 Å². The Morgan fingerprint density at radius 1 is 1.09 bits per heavy atom. The lowest BCUT2D eigenvalue weighted by Crippen LogP contribution is -2.28. The minimum atomic E-state index is -3.76. The van der Waals surface area contributed by atoms with Gasteiger partial charge in [0.1, 0.15) is 18.0 Å². The Balaban J connectivity index is 2.18. The summed E-state index contributed by atoms with van der Waals surface area (Å²) in [5.41, 5.74) is 1.48. The topological polar surface area (TPSA) is 49.2 Å². The molecule has 0 aromatic heterocycles. The van der Waals surface area contributed by atoms with Crippen molar-refractivity contribution in [3.63, 3.8) is 0 Å². The number of halogens is 2. The molecule has 120 valence electrons. The zero-order valence-electron chi connectivity index (χ0n) is 12.4. The van der Waals surface area contributed by atoms with Crippen LogP contribution in [-0.2, 0) is 10.0 Å². The van der Waals surface area contributed by atoms with Gasteiger partial charge in [0.05, 0.1) is 10.6 Å². The van der Waals surface area contributed by atoms with E-state index in [2.05, 4.69) is 5.32 Å². The third-order valence-electron chi connectivity index (χ3n) is 3.69. The zero-order chi connectivity index (χ0) is 16.6. The number of aryl methyl sites for hydroxylation is 1. The fraction of sp³-hybridized carbons (Fsp3) is 0.188. The lowest BCUT2D eigenvalue weighted by Gasteiger charge is -2.09. The molecule has 0 bridgehead atoms. The lowest BCUT2D eigenvalue weighted by atomic mass is 10.2. The molecule has 0 saturated heterocycles. The van der Waals surface area contributed by atoms with Crippen molar-refractivity contribution in [2.45, 2.75) is 11.8 Å². The van der Waals surface area contributed by atoms with Gasteiger partial charge in [0, 0.05) is 5.02 Å². The molecule has 23 heavy (non-hydrogen) atoms. The number of hydrogen-bond donors (Lipinski definition) is 1. The maximum absolute atomic E-state index is 13.0. The second-order valence-corrected chi connectivity index (χ2v) is 7.90. The Kier molecular flexibility index (Phi) is 4.36. The molecule has 0 saturated carbocycles. The van der Waals surface area contributed by atoms with Gasteiger partial charge in [-0.2, -0.15) is 8.42 Å². The van der Waals surface area contributed by atoms with Crippen LogP contribution in [0.15, 0.2) is 47.4 Å². The fourth-order valence-electron chi connectivity index (χ4n) is 2.51. The van der Waals surface area contributed by atoms with Crippen LogP contribution in [0.4, 0.5) is 0 Å². The molecular weight excluding hydrogens is 355 g/mol. The Labute approximate surface area is 145 Å². The number of nitrogens with zero attached hydrogens (tertiary/aromatic N) is 1. The molecular formula is C16H15Cl2N2O2S+. The Hall–Kier alpha value is -1.56. The molecule has 1 aliphatic heterocycles. The Bertz CT molecular complexity index is 894. The number of benzene rings is 2. The highest BCUT2D eigenvalue weighted by atomic mass is 35.5. The summed E-state index contributed by atoms with van der Waals surface area (Å²) in [5, 5.41) is 3.71. The standard InChI is InChI=1S/C16H14Cl2N2O2S/c1-11-9-15(14(18)10-13(11)17)23(21,22)20-8-7-19-16(20)12-5-3-2-4-6-12/h2-6,9-10H,7-8H2,1H3/p+1. The van der Waals surface area contributed by atoms with E-state index >= 15 is 0 Å². The van der Waals surface area contributed by atoms with Crippen LogP contribution in [0.5, 0.6) is 0 Å². The van der Waals surface area contributed by atoms with E-state index in [4.69, 9.17) is 23.2 Å². The molecule has 0 unspecified atom stereocenters. The van der Waals surface area contributed by atoms with Gasteiger partial charge in [-0.1, -0.05) is 41.4 Å². The van der Waals surface area contributed by atoms with Crippen molar-refractivity contribution in [3.05, 3.63) is 63.6 Å². The molecule has 7 heteroatoms. The highest BCUT2D eigenvalue weighted by molar-refractivity contribution is 7.85. The first kappa shape index (κ1) is 16.3. The number of rotatable bonds is 3. The Morgan fingerprint density at radius 3 is 2.48 bits per heavy atom. The summed E-state index contributed by atoms with van der Waals surface area (Å²) in [6.45, 7) is 2.65. The van der Waals surface area contributed by atoms with E-state index in [1.165, 1.54) is 16.1 Å². The number of amidine groups is 1. The lowest BCUT2D eigenvalue weighted by molar-refractivity contribution is -0.352. The summed E-state index contributed by atoms with van der Waals surface area (Å²) in [7, 11) is -3.76. The monoisotopic (exact) mass is 369 g/mol. The molecule has 4 nitrogen and oxygen atoms in total. The van der Waals surface area contributed by atoms with Crippen LogP contribution in [0.25, 0.3) is 0 Å². The van der Waals surface area contributed by atoms with Crippen LogP contribution >= 0.6 is 23.2 Å². The van der Waals surface area contributed by atoms with E-state index in [0.717, 1.165) is 5.56 Å². The van der Waals surface area contributed by atoms with Crippen molar-refractivity contribution >= 4 is 39.1 Å². The van der Waals surface area contributed by atoms with Crippen molar-refractivity contribution in [1.29, 1.82) is 0 Å². The molecule has 0 atom stereocenters. The predicted octanol–water partition coefficient (Wildman–Crippen LogP) is 3.05. The Morgan fingerprint density at radius 2 is 1.78 bits per heavy atom. The van der Waals surface area contributed by atoms with Crippen molar-refractivity contribution in [3.8, 4) is 0 Å². The third-order valence-corrected chi connectivity index (χ3v) is 6.36. The first-order chi connectivity index (χ1) is 10.9. The average Bonchev–Trinajstić information content (AvgIpc) is 3.02. The SMILES string of the molecule is Cc1cc(S(=O)(=O)[N+]2=C(c3ccccc3)NCC2)c(Cl)cc1Cl. The summed E-state index contributed by atoms with van der Waals surface area (Å²) in [5.74, 6) is 0.564. The van der Waals surface area contributed by atoms with Gasteiger partial charge < -0.3 is 0 Å². The molecule has 3 rings (SSSR count). The minimum absolute atomic E-state index is 0.0678. The van der Waals surface area contributed by atoms with E-state index in [9.17, 15) is 8.42 Å². The third kappa shape index (κ3) is 2.96. The largest absolute Gasteiger partial charge is 0.332 e. The molecule has 1 heterocycles. The van der Waals surface area contributed by atoms with Crippen LogP contribution in [0, 0.1) is 6.92 Å². The molecule has 2 aromatic carbocycles. The van der Waals surface area contributed by atoms with Gasteiger partial charge in [-0.15, -0.1) is 3.98 Å². The number of nitrogens with one attached hydrogen (secondary N) is 1. The average molecular weight is 370 g/mol. The van der Waals surface area contributed by atoms with E-state index in [1.807, 2.05) is 30.3 Å². The predicted molar refractivity (Wildman–Crippen MR) is 92.1 cm³/mol. The summed E-state index contributed by atoms with van der Waals surface area (Å²) in [6, 6.07) is 12.3. The molecule has 0 radical (unpaired) electrons. The van der Waals surface area contributed by atoms with E-state index in [1.54, 1.807) is 6.92 Å². The van der Waals surface area contributed by atoms with Crippen molar-refractivity contribution in [1.82, 2.24) is 5.32 Å². The highest BCUT2D eigenvalue weighted by Gasteiger charge is 2.35. The first-order valence-electron chi connectivity index (χ1n) is 7.06. The highest BCUT2D eigenvalue weighted by Crippen LogP contribution is 2.29. The summed E-state index contributed by atoms with van der Waals surface area (Å²) < 4.78 is 27.4. The second-order valence-electron chi connectivity index (χ2n) is 5.25. The maximum Gasteiger partial charge on any atom is 0.332 e. The normalized spacial score (nSPS) is 14.9. The van der Waals surface area contributed by atoms with E-state index in [-0.39, 0.29) is 9.92 Å². The van der Waals surface area contributed by atoms with Crippen LogP contribution < -0.4 is 5.32 Å². The van der Waals surface area contributed by atoms with Gasteiger partial charge in [-0.3, -0.25) is 5.32 Å². The second kappa shape index (κ2) is 6.15. The maximum atomic E-state index is 13.0. The molecule has 1 N–H and O–H groups in total. The van der Waals surface area contributed by atoms with Gasteiger partial charge in [0.25, 0.3) is 5.84 Å². The van der Waals surface area contributed by atoms with Gasteiger partial charge in [-0.05, 0) is 36.8 Å².